The molecular formula is C12H11N3OS. The highest BCUT2D eigenvalue weighted by Gasteiger charge is 2.05. The lowest BCUT2D eigenvalue weighted by atomic mass is 10.3. The molecule has 2 heterocycles. The van der Waals surface area contributed by atoms with Gasteiger partial charge in [-0.05, 0) is 30.7 Å². The third kappa shape index (κ3) is 3.22. The lowest BCUT2D eigenvalue weighted by Crippen LogP contribution is -2.16. The molecule has 2 aromatic heterocycles. The van der Waals surface area contributed by atoms with E-state index in [1.165, 1.54) is 0 Å². The number of carbonyl (C=O) groups excluding carboxylic acids is 1. The molecule has 0 aliphatic rings. The molecule has 0 fully saturated rings. The molecule has 2 rings (SSSR count). The van der Waals surface area contributed by atoms with Crippen LogP contribution in [0.2, 0.25) is 0 Å². The predicted molar refractivity (Wildman–Crippen MR) is 68.4 cm³/mol. The van der Waals surface area contributed by atoms with E-state index in [1.807, 2.05) is 30.5 Å². The zero-order valence-corrected chi connectivity index (χ0v) is 10.1. The van der Waals surface area contributed by atoms with Crippen molar-refractivity contribution in [3.05, 3.63) is 52.0 Å². The fraction of sp³-hybridized carbons (Fsp3) is 0.0833. The second-order valence-corrected chi connectivity index (χ2v) is 4.54. The summed E-state index contributed by atoms with van der Waals surface area (Å²) in [5.41, 5.74) is 4.01. The lowest BCUT2D eigenvalue weighted by Gasteiger charge is -1.95. The molecule has 2 aromatic rings. The van der Waals surface area contributed by atoms with Crippen LogP contribution < -0.4 is 5.43 Å². The molecule has 0 unspecified atom stereocenters. The number of rotatable bonds is 3. The van der Waals surface area contributed by atoms with Crippen molar-refractivity contribution in [2.45, 2.75) is 6.92 Å². The van der Waals surface area contributed by atoms with Gasteiger partial charge in [0.15, 0.2) is 0 Å². The molecule has 17 heavy (non-hydrogen) atoms. The average molecular weight is 245 g/mol. The third-order valence-corrected chi connectivity index (χ3v) is 2.94. The minimum atomic E-state index is -0.195. The Bertz CT molecular complexity index is 534. The first-order valence-electron chi connectivity index (χ1n) is 5.04. The smallest absolute Gasteiger partial charge is 0.267 e. The van der Waals surface area contributed by atoms with Crippen molar-refractivity contribution in [2.75, 3.05) is 0 Å². The summed E-state index contributed by atoms with van der Waals surface area (Å²) in [6, 6.07) is 5.46. The van der Waals surface area contributed by atoms with Crippen molar-refractivity contribution in [3.63, 3.8) is 0 Å². The Kier molecular flexibility index (Phi) is 3.62. The number of nitrogens with one attached hydrogen (secondary N) is 1. The summed E-state index contributed by atoms with van der Waals surface area (Å²) < 4.78 is 0. The summed E-state index contributed by atoms with van der Waals surface area (Å²) >= 11 is 1.54. The number of carbonyl (C=O) groups is 1. The number of pyridine rings is 1. The van der Waals surface area contributed by atoms with Crippen LogP contribution in [0.1, 0.15) is 20.8 Å². The van der Waals surface area contributed by atoms with Gasteiger partial charge in [0.25, 0.3) is 5.91 Å². The molecule has 0 saturated carbocycles. The van der Waals surface area contributed by atoms with Crippen LogP contribution in [0.5, 0.6) is 0 Å². The number of aryl methyl sites for hydroxylation is 1. The van der Waals surface area contributed by atoms with Gasteiger partial charge in [-0.25, -0.2) is 5.43 Å². The highest BCUT2D eigenvalue weighted by atomic mass is 32.1. The summed E-state index contributed by atoms with van der Waals surface area (Å²) in [5, 5.41) is 5.69. The zero-order valence-electron chi connectivity index (χ0n) is 9.25. The Balaban J connectivity index is 1.95. The Labute approximate surface area is 103 Å². The number of hydrogen-bond donors (Lipinski definition) is 1. The summed E-state index contributed by atoms with van der Waals surface area (Å²) in [4.78, 5) is 16.6. The van der Waals surface area contributed by atoms with E-state index in [-0.39, 0.29) is 5.91 Å². The van der Waals surface area contributed by atoms with Crippen molar-refractivity contribution in [1.82, 2.24) is 10.4 Å². The molecule has 4 nitrogen and oxygen atoms in total. The highest BCUT2D eigenvalue weighted by Crippen LogP contribution is 2.12. The fourth-order valence-corrected chi connectivity index (χ4v) is 1.92. The number of aromatic nitrogens is 1. The van der Waals surface area contributed by atoms with Gasteiger partial charge in [0.2, 0.25) is 0 Å². The topological polar surface area (TPSA) is 54.4 Å². The molecule has 0 aliphatic carbocycles. The number of hydrogen-bond acceptors (Lipinski definition) is 4. The summed E-state index contributed by atoms with van der Waals surface area (Å²) in [6.45, 7) is 1.96. The van der Waals surface area contributed by atoms with Gasteiger partial charge in [-0.15, -0.1) is 11.3 Å². The Morgan fingerprint density at radius 3 is 2.88 bits per heavy atom. The van der Waals surface area contributed by atoms with E-state index >= 15 is 0 Å². The zero-order chi connectivity index (χ0) is 12.1. The first kappa shape index (κ1) is 11.5. The molecule has 0 spiro atoms. The van der Waals surface area contributed by atoms with Crippen LogP contribution in [-0.4, -0.2) is 17.1 Å². The van der Waals surface area contributed by atoms with Crippen molar-refractivity contribution in [3.8, 4) is 0 Å². The molecule has 0 bridgehead atoms. The molecule has 0 aromatic carbocycles. The van der Waals surface area contributed by atoms with Crippen LogP contribution in [0.15, 0.2) is 41.1 Å². The highest BCUT2D eigenvalue weighted by molar-refractivity contribution is 7.10. The predicted octanol–water partition coefficient (Wildman–Crippen LogP) is 2.22. The van der Waals surface area contributed by atoms with E-state index in [2.05, 4.69) is 15.5 Å². The van der Waals surface area contributed by atoms with Gasteiger partial charge >= 0.3 is 0 Å². The van der Waals surface area contributed by atoms with Crippen LogP contribution in [0, 0.1) is 6.92 Å². The van der Waals surface area contributed by atoms with E-state index in [0.29, 0.717) is 5.56 Å². The average Bonchev–Trinajstić information content (AvgIpc) is 2.77. The minimum absolute atomic E-state index is 0.195. The Morgan fingerprint density at radius 1 is 1.47 bits per heavy atom. The molecule has 5 heteroatoms. The first-order chi connectivity index (χ1) is 8.25. The number of nitrogens with zero attached hydrogens (tertiary/aromatic N) is 2. The van der Waals surface area contributed by atoms with E-state index in [4.69, 9.17) is 0 Å². The third-order valence-electron chi connectivity index (χ3n) is 2.08. The van der Waals surface area contributed by atoms with Crippen molar-refractivity contribution >= 4 is 23.5 Å². The second-order valence-electron chi connectivity index (χ2n) is 3.43. The fourth-order valence-electron chi connectivity index (χ4n) is 1.24. The molecule has 1 N–H and O–H groups in total. The SMILES string of the molecule is Cc1cc(C(=O)N/N=C/c2ccncc2)cs1. The Morgan fingerprint density at radius 2 is 2.24 bits per heavy atom. The number of thiophene rings is 1. The van der Waals surface area contributed by atoms with Crippen LogP contribution in [0.25, 0.3) is 0 Å². The van der Waals surface area contributed by atoms with Crippen molar-refractivity contribution < 1.29 is 4.79 Å². The quantitative estimate of drug-likeness (QED) is 0.666. The van der Waals surface area contributed by atoms with Crippen molar-refractivity contribution in [2.24, 2.45) is 5.10 Å². The van der Waals surface area contributed by atoms with Crippen LogP contribution in [-0.2, 0) is 0 Å². The normalized spacial score (nSPS) is 10.6. The molecule has 86 valence electrons. The van der Waals surface area contributed by atoms with E-state index in [1.54, 1.807) is 29.9 Å². The van der Waals surface area contributed by atoms with Gasteiger partial charge in [-0.1, -0.05) is 0 Å². The van der Waals surface area contributed by atoms with Crippen molar-refractivity contribution in [1.29, 1.82) is 0 Å². The summed E-state index contributed by atoms with van der Waals surface area (Å²) in [7, 11) is 0. The van der Waals surface area contributed by atoms with Crippen LogP contribution in [0.4, 0.5) is 0 Å². The maximum absolute atomic E-state index is 11.6. The second kappa shape index (κ2) is 5.36. The van der Waals surface area contributed by atoms with Gasteiger partial charge in [0.05, 0.1) is 11.8 Å². The monoisotopic (exact) mass is 245 g/mol. The molecule has 0 aliphatic heterocycles. The lowest BCUT2D eigenvalue weighted by molar-refractivity contribution is 0.0955. The minimum Gasteiger partial charge on any atom is -0.267 e. The van der Waals surface area contributed by atoms with Gasteiger partial charge in [-0.2, -0.15) is 5.10 Å². The largest absolute Gasteiger partial charge is 0.272 e. The maximum atomic E-state index is 11.6. The van der Waals surface area contributed by atoms with E-state index in [9.17, 15) is 4.79 Å². The Hall–Kier alpha value is -2.01. The van der Waals surface area contributed by atoms with E-state index in [0.717, 1.165) is 10.4 Å². The standard InChI is InChI=1S/C12H11N3OS/c1-9-6-11(8-17-9)12(16)15-14-7-10-2-4-13-5-3-10/h2-8H,1H3,(H,15,16)/b14-7+. The van der Waals surface area contributed by atoms with Crippen LogP contribution in [0.3, 0.4) is 0 Å². The molecule has 1 amide bonds. The van der Waals surface area contributed by atoms with E-state index < -0.39 is 0 Å². The summed E-state index contributed by atoms with van der Waals surface area (Å²) in [6.07, 6.45) is 4.93. The number of amides is 1. The molecule has 0 radical (unpaired) electrons. The summed E-state index contributed by atoms with van der Waals surface area (Å²) in [5.74, 6) is -0.195. The van der Waals surface area contributed by atoms with Gasteiger partial charge in [-0.3, -0.25) is 9.78 Å². The van der Waals surface area contributed by atoms with Gasteiger partial charge in [0.1, 0.15) is 0 Å². The number of hydrazone groups is 1. The van der Waals surface area contributed by atoms with Gasteiger partial charge in [0, 0.05) is 22.7 Å². The molecule has 0 atom stereocenters. The molecule has 0 saturated heterocycles. The van der Waals surface area contributed by atoms with Crippen LogP contribution >= 0.6 is 11.3 Å². The molecular weight excluding hydrogens is 234 g/mol. The maximum Gasteiger partial charge on any atom is 0.272 e. The van der Waals surface area contributed by atoms with Gasteiger partial charge < -0.3 is 0 Å². The first-order valence-corrected chi connectivity index (χ1v) is 5.92.